The number of hydrogen-bond acceptors (Lipinski definition) is 5. The first-order valence-electron chi connectivity index (χ1n) is 10.8. The molecule has 34 heavy (non-hydrogen) atoms. The normalized spacial score (nSPS) is 15.3. The van der Waals surface area contributed by atoms with Crippen LogP contribution >= 0.6 is 23.6 Å². The molecule has 4 aromatic rings. The number of hydrogen-bond donors (Lipinski definition) is 1. The molecule has 3 aromatic carbocycles. The minimum Gasteiger partial charge on any atom is -0.319 e. The molecule has 1 fully saturated rings. The number of carbonyl (C=O) groups excluding carboxylic acids is 1. The van der Waals surface area contributed by atoms with E-state index >= 15 is 0 Å². The minimum absolute atomic E-state index is 0.0465. The number of nitrogens with zero attached hydrogens (tertiary/aromatic N) is 3. The van der Waals surface area contributed by atoms with Gasteiger partial charge >= 0.3 is 0 Å². The Labute approximate surface area is 206 Å². The van der Waals surface area contributed by atoms with Gasteiger partial charge in [0, 0.05) is 31.1 Å². The SMILES string of the molecule is Cn1c(=NC(=S)NC(=O)c2ccc(S(=O)(=O)N3CCCC3)cc2)sc2c3ccccc3ccc21. The molecule has 0 aliphatic carbocycles. The lowest BCUT2D eigenvalue weighted by atomic mass is 10.1. The smallest absolute Gasteiger partial charge is 0.257 e. The molecular formula is C24H22N4O3S3. The molecule has 0 saturated carbocycles. The average molecular weight is 511 g/mol. The van der Waals surface area contributed by atoms with Gasteiger partial charge in [0.2, 0.25) is 15.1 Å². The van der Waals surface area contributed by atoms with Crippen LogP contribution in [0, 0.1) is 0 Å². The highest BCUT2D eigenvalue weighted by Crippen LogP contribution is 2.27. The number of benzene rings is 3. The maximum Gasteiger partial charge on any atom is 0.257 e. The fourth-order valence-corrected chi connectivity index (χ4v) is 7.02. The molecule has 1 amide bonds. The number of sulfonamides is 1. The van der Waals surface area contributed by atoms with Crippen molar-refractivity contribution in [1.82, 2.24) is 14.2 Å². The van der Waals surface area contributed by atoms with Crippen LogP contribution in [0.4, 0.5) is 0 Å². The lowest BCUT2D eigenvalue weighted by Crippen LogP contribution is -2.30. The number of aryl methyl sites for hydroxylation is 1. The zero-order valence-electron chi connectivity index (χ0n) is 18.4. The predicted molar refractivity (Wildman–Crippen MR) is 138 cm³/mol. The first kappa shape index (κ1) is 22.9. The van der Waals surface area contributed by atoms with Crippen molar-refractivity contribution in [2.75, 3.05) is 13.1 Å². The van der Waals surface area contributed by atoms with Crippen molar-refractivity contribution in [3.8, 4) is 0 Å². The molecule has 1 saturated heterocycles. The molecule has 0 radical (unpaired) electrons. The molecule has 0 atom stereocenters. The highest BCUT2D eigenvalue weighted by atomic mass is 32.2. The van der Waals surface area contributed by atoms with Crippen LogP contribution in [0.5, 0.6) is 0 Å². The highest BCUT2D eigenvalue weighted by molar-refractivity contribution is 7.89. The number of rotatable bonds is 3. The summed E-state index contributed by atoms with van der Waals surface area (Å²) in [7, 11) is -1.61. The summed E-state index contributed by atoms with van der Waals surface area (Å²) >= 11 is 6.83. The summed E-state index contributed by atoms with van der Waals surface area (Å²) in [5.41, 5.74) is 1.34. The van der Waals surface area contributed by atoms with Gasteiger partial charge in [0.05, 0.1) is 15.1 Å². The molecule has 0 spiro atoms. The maximum atomic E-state index is 12.7. The van der Waals surface area contributed by atoms with Gasteiger partial charge in [-0.05, 0) is 60.8 Å². The lowest BCUT2D eigenvalue weighted by Gasteiger charge is -2.15. The quantitative estimate of drug-likeness (QED) is 0.425. The first-order valence-corrected chi connectivity index (χ1v) is 13.5. The number of thiocarbonyl (C=S) groups is 1. The van der Waals surface area contributed by atoms with Crippen molar-refractivity contribution in [3.05, 3.63) is 71.0 Å². The number of fused-ring (bicyclic) bond motifs is 3. The molecule has 174 valence electrons. The maximum absolute atomic E-state index is 12.7. The summed E-state index contributed by atoms with van der Waals surface area (Å²) in [6.07, 6.45) is 1.74. The lowest BCUT2D eigenvalue weighted by molar-refractivity contribution is 0.0977. The predicted octanol–water partition coefficient (Wildman–Crippen LogP) is 3.79. The van der Waals surface area contributed by atoms with E-state index in [4.69, 9.17) is 12.2 Å². The van der Waals surface area contributed by atoms with Gasteiger partial charge < -0.3 is 4.57 Å². The molecule has 1 N–H and O–H groups in total. The number of carbonyl (C=O) groups is 1. The Hall–Kier alpha value is -2.92. The van der Waals surface area contributed by atoms with Gasteiger partial charge in [-0.25, -0.2) is 8.42 Å². The van der Waals surface area contributed by atoms with E-state index in [2.05, 4.69) is 28.5 Å². The monoisotopic (exact) mass is 510 g/mol. The first-order chi connectivity index (χ1) is 16.3. The zero-order chi connectivity index (χ0) is 23.9. The topological polar surface area (TPSA) is 83.8 Å². The Morgan fingerprint density at radius 1 is 1.03 bits per heavy atom. The van der Waals surface area contributed by atoms with Gasteiger partial charge in [-0.3, -0.25) is 10.1 Å². The van der Waals surface area contributed by atoms with Gasteiger partial charge in [0.1, 0.15) is 0 Å². The summed E-state index contributed by atoms with van der Waals surface area (Å²) in [5, 5.41) is 4.96. The van der Waals surface area contributed by atoms with Crippen molar-refractivity contribution in [2.24, 2.45) is 12.0 Å². The third-order valence-electron chi connectivity index (χ3n) is 5.94. The largest absolute Gasteiger partial charge is 0.319 e. The Morgan fingerprint density at radius 3 is 2.47 bits per heavy atom. The van der Waals surface area contributed by atoms with Crippen molar-refractivity contribution >= 4 is 65.6 Å². The van der Waals surface area contributed by atoms with Crippen LogP contribution in [0.2, 0.25) is 0 Å². The van der Waals surface area contributed by atoms with Crippen molar-refractivity contribution in [1.29, 1.82) is 0 Å². The van der Waals surface area contributed by atoms with Gasteiger partial charge in [0.15, 0.2) is 4.80 Å². The second-order valence-corrected chi connectivity index (χ2v) is 11.4. The van der Waals surface area contributed by atoms with Crippen LogP contribution in [-0.2, 0) is 17.1 Å². The molecule has 10 heteroatoms. The highest BCUT2D eigenvalue weighted by Gasteiger charge is 2.27. The van der Waals surface area contributed by atoms with Crippen molar-refractivity contribution in [2.45, 2.75) is 17.7 Å². The molecule has 0 unspecified atom stereocenters. The van der Waals surface area contributed by atoms with E-state index in [9.17, 15) is 13.2 Å². The number of aromatic nitrogens is 1. The third kappa shape index (κ3) is 4.18. The second kappa shape index (κ2) is 9.03. The summed E-state index contributed by atoms with van der Waals surface area (Å²) in [5.74, 6) is -0.437. The molecule has 1 aliphatic rings. The Morgan fingerprint density at radius 2 is 1.74 bits per heavy atom. The van der Waals surface area contributed by atoms with E-state index in [1.807, 2.05) is 29.8 Å². The van der Waals surface area contributed by atoms with Gasteiger partial charge in [-0.1, -0.05) is 41.7 Å². The number of nitrogens with one attached hydrogen (secondary N) is 1. The fourth-order valence-electron chi connectivity index (χ4n) is 4.10. The van der Waals surface area contributed by atoms with Gasteiger partial charge in [0.25, 0.3) is 5.91 Å². The van der Waals surface area contributed by atoms with E-state index in [0.717, 1.165) is 33.8 Å². The molecular weight excluding hydrogens is 488 g/mol. The van der Waals surface area contributed by atoms with E-state index in [-0.39, 0.29) is 10.0 Å². The van der Waals surface area contributed by atoms with Crippen LogP contribution < -0.4 is 10.1 Å². The molecule has 0 bridgehead atoms. The molecule has 5 rings (SSSR count). The van der Waals surface area contributed by atoms with Crippen molar-refractivity contribution in [3.63, 3.8) is 0 Å². The van der Waals surface area contributed by atoms with Gasteiger partial charge in [-0.15, -0.1) is 0 Å². The van der Waals surface area contributed by atoms with Gasteiger partial charge in [-0.2, -0.15) is 9.30 Å². The van der Waals surface area contributed by atoms with E-state index in [1.54, 1.807) is 0 Å². The Balaban J connectivity index is 1.36. The van der Waals surface area contributed by atoms with Crippen LogP contribution in [0.25, 0.3) is 21.0 Å². The van der Waals surface area contributed by atoms with E-state index in [0.29, 0.717) is 23.5 Å². The average Bonchev–Trinajstić information content (AvgIpc) is 3.49. The molecule has 7 nitrogen and oxygen atoms in total. The summed E-state index contributed by atoms with van der Waals surface area (Å²) in [4.78, 5) is 18.0. The fraction of sp³-hybridized carbons (Fsp3) is 0.208. The summed E-state index contributed by atoms with van der Waals surface area (Å²) in [6.45, 7) is 1.07. The Kier molecular flexibility index (Phi) is 6.07. The molecule has 1 aliphatic heterocycles. The van der Waals surface area contributed by atoms with Crippen LogP contribution in [-0.4, -0.2) is 41.4 Å². The second-order valence-electron chi connectivity index (χ2n) is 8.09. The standard InChI is InChI=1S/C24H22N4O3S3/c1-27-20-13-10-16-6-2-3-7-19(16)21(20)33-24(27)26-23(32)25-22(29)17-8-11-18(12-9-17)34(30,31)28-14-4-5-15-28/h2-3,6-13H,4-5,14-15H2,1H3,(H,25,29,32). The molecule has 2 heterocycles. The van der Waals surface area contributed by atoms with E-state index in [1.165, 1.54) is 39.9 Å². The molecule has 1 aromatic heterocycles. The number of amides is 1. The van der Waals surface area contributed by atoms with Crippen molar-refractivity contribution < 1.29 is 13.2 Å². The Bertz CT molecular complexity index is 1600. The summed E-state index contributed by atoms with van der Waals surface area (Å²) in [6, 6.07) is 18.2. The summed E-state index contributed by atoms with van der Waals surface area (Å²) < 4.78 is 29.9. The minimum atomic E-state index is -3.52. The van der Waals surface area contributed by atoms with Crippen LogP contribution in [0.3, 0.4) is 0 Å². The van der Waals surface area contributed by atoms with E-state index < -0.39 is 15.9 Å². The third-order valence-corrected chi connectivity index (χ3v) is 9.22. The van der Waals surface area contributed by atoms with Crippen LogP contribution in [0.15, 0.2) is 70.6 Å². The number of thiazole rings is 1. The zero-order valence-corrected chi connectivity index (χ0v) is 20.8. The van der Waals surface area contributed by atoms with Crippen LogP contribution in [0.1, 0.15) is 23.2 Å².